The number of thioether (sulfide) groups is 1. The van der Waals surface area contributed by atoms with Crippen molar-refractivity contribution in [3.8, 4) is 28.6 Å². The highest BCUT2D eigenvalue weighted by Gasteiger charge is 2.16. The fourth-order valence-electron chi connectivity index (χ4n) is 2.58. The van der Waals surface area contributed by atoms with E-state index >= 15 is 0 Å². The number of methoxy groups -OCH3 is 3. The lowest BCUT2D eigenvalue weighted by molar-refractivity contribution is -0.113. The second-order valence-electron chi connectivity index (χ2n) is 5.81. The minimum absolute atomic E-state index is 0.123. The van der Waals surface area contributed by atoms with Crippen LogP contribution in [0.2, 0.25) is 0 Å². The fourth-order valence-corrected chi connectivity index (χ4v) is 3.23. The molecule has 1 heterocycles. The Morgan fingerprint density at radius 1 is 1.07 bits per heavy atom. The Kier molecular flexibility index (Phi) is 6.45. The summed E-state index contributed by atoms with van der Waals surface area (Å²) in [6.07, 6.45) is 0. The molecule has 0 aliphatic rings. The van der Waals surface area contributed by atoms with Crippen LogP contribution in [-0.4, -0.2) is 47.9 Å². The highest BCUT2D eigenvalue weighted by Crippen LogP contribution is 2.32. The van der Waals surface area contributed by atoms with Crippen LogP contribution in [0, 0.1) is 0 Å². The van der Waals surface area contributed by atoms with Crippen molar-refractivity contribution in [2.24, 2.45) is 0 Å². The first kappa shape index (κ1) is 20.3. The Labute approximate surface area is 172 Å². The van der Waals surface area contributed by atoms with Gasteiger partial charge in [-0.2, -0.15) is 0 Å². The Hall–Kier alpha value is -3.40. The van der Waals surface area contributed by atoms with E-state index in [1.54, 1.807) is 63.8 Å². The Balaban J connectivity index is 1.67. The number of nitrogens with two attached hydrogens (primary N) is 1. The molecule has 0 radical (unpaired) electrons. The summed E-state index contributed by atoms with van der Waals surface area (Å²) in [7, 11) is 4.69. The summed E-state index contributed by atoms with van der Waals surface area (Å²) in [5.41, 5.74) is 1.36. The number of carbonyl (C=O) groups is 1. The number of nitrogen functional groups attached to an aromatic ring is 1. The van der Waals surface area contributed by atoms with Gasteiger partial charge in [0.25, 0.3) is 0 Å². The van der Waals surface area contributed by atoms with Gasteiger partial charge >= 0.3 is 0 Å². The maximum Gasteiger partial charge on any atom is 0.234 e. The van der Waals surface area contributed by atoms with E-state index in [2.05, 4.69) is 15.5 Å². The van der Waals surface area contributed by atoms with Crippen molar-refractivity contribution < 1.29 is 19.0 Å². The number of rotatable bonds is 8. The lowest BCUT2D eigenvalue weighted by Crippen LogP contribution is -2.16. The van der Waals surface area contributed by atoms with Crippen molar-refractivity contribution >= 4 is 23.4 Å². The highest BCUT2D eigenvalue weighted by atomic mass is 32.2. The summed E-state index contributed by atoms with van der Waals surface area (Å²) in [4.78, 5) is 12.2. The zero-order valence-corrected chi connectivity index (χ0v) is 17.0. The van der Waals surface area contributed by atoms with Crippen molar-refractivity contribution in [1.82, 2.24) is 14.9 Å². The lowest BCUT2D eigenvalue weighted by atomic mass is 10.2. The predicted molar refractivity (Wildman–Crippen MR) is 111 cm³/mol. The van der Waals surface area contributed by atoms with Gasteiger partial charge in [-0.3, -0.25) is 4.79 Å². The van der Waals surface area contributed by atoms with Gasteiger partial charge in [-0.15, -0.1) is 10.2 Å². The number of ether oxygens (including phenoxy) is 3. The van der Waals surface area contributed by atoms with Crippen molar-refractivity contribution in [3.63, 3.8) is 0 Å². The third-order valence-corrected chi connectivity index (χ3v) is 4.94. The molecule has 0 saturated carbocycles. The van der Waals surface area contributed by atoms with Crippen molar-refractivity contribution in [2.45, 2.75) is 5.16 Å². The number of hydrogen-bond donors (Lipinski definition) is 2. The maximum absolute atomic E-state index is 12.2. The van der Waals surface area contributed by atoms with Gasteiger partial charge in [0, 0.05) is 17.3 Å². The molecule has 0 bridgehead atoms. The quantitative estimate of drug-likeness (QED) is 0.426. The molecule has 0 unspecified atom stereocenters. The summed E-state index contributed by atoms with van der Waals surface area (Å²) < 4.78 is 17.0. The van der Waals surface area contributed by atoms with Crippen molar-refractivity contribution in [1.29, 1.82) is 0 Å². The van der Waals surface area contributed by atoms with E-state index in [1.165, 1.54) is 16.4 Å². The average Bonchev–Trinajstić information content (AvgIpc) is 3.12. The smallest absolute Gasteiger partial charge is 0.234 e. The van der Waals surface area contributed by atoms with Crippen LogP contribution in [0.15, 0.2) is 47.6 Å². The third-order valence-electron chi connectivity index (χ3n) is 3.99. The second kappa shape index (κ2) is 9.20. The first-order valence-corrected chi connectivity index (χ1v) is 9.54. The van der Waals surface area contributed by atoms with Crippen LogP contribution in [0.4, 0.5) is 5.69 Å². The standard InChI is InChI=1S/C19H21N5O4S/c1-26-14-6-4-5-13(10-14)21-17(25)11-29-19-23-22-18(24(19)20)12-7-8-15(27-2)16(9-12)28-3/h4-10H,11,20H2,1-3H3,(H,21,25). The Bertz CT molecular complexity index is 1010. The van der Waals surface area contributed by atoms with Crippen LogP contribution < -0.4 is 25.4 Å². The molecule has 0 atom stereocenters. The maximum atomic E-state index is 12.2. The first-order valence-electron chi connectivity index (χ1n) is 8.55. The van der Waals surface area contributed by atoms with Gasteiger partial charge in [-0.05, 0) is 30.3 Å². The number of nitrogens with zero attached hydrogens (tertiary/aromatic N) is 3. The molecule has 0 saturated heterocycles. The van der Waals surface area contributed by atoms with E-state index in [0.29, 0.717) is 39.5 Å². The molecule has 3 aromatic rings. The number of benzene rings is 2. The topological polar surface area (TPSA) is 114 Å². The molecule has 0 spiro atoms. The SMILES string of the molecule is COc1cccc(NC(=O)CSc2nnc(-c3ccc(OC)c(OC)c3)n2N)c1. The zero-order chi connectivity index (χ0) is 20.8. The molecule has 2 aromatic carbocycles. The van der Waals surface area contributed by atoms with E-state index in [9.17, 15) is 4.79 Å². The number of aromatic nitrogens is 3. The molecule has 0 fully saturated rings. The van der Waals surface area contributed by atoms with Gasteiger partial charge in [0.15, 0.2) is 17.3 Å². The number of carbonyl (C=O) groups excluding carboxylic acids is 1. The van der Waals surface area contributed by atoms with Crippen molar-refractivity contribution in [2.75, 3.05) is 38.2 Å². The van der Waals surface area contributed by atoms with E-state index in [4.69, 9.17) is 20.1 Å². The van der Waals surface area contributed by atoms with Gasteiger partial charge in [0.05, 0.1) is 27.1 Å². The second-order valence-corrected chi connectivity index (χ2v) is 6.76. The minimum Gasteiger partial charge on any atom is -0.497 e. The molecule has 0 aliphatic heterocycles. The van der Waals surface area contributed by atoms with E-state index in [-0.39, 0.29) is 11.7 Å². The Morgan fingerprint density at radius 2 is 1.86 bits per heavy atom. The van der Waals surface area contributed by atoms with Crippen LogP contribution in [0.5, 0.6) is 17.2 Å². The molecule has 9 nitrogen and oxygen atoms in total. The summed E-state index contributed by atoms with van der Waals surface area (Å²) in [5.74, 6) is 8.32. The van der Waals surface area contributed by atoms with Crippen molar-refractivity contribution in [3.05, 3.63) is 42.5 Å². The number of hydrogen-bond acceptors (Lipinski definition) is 8. The highest BCUT2D eigenvalue weighted by molar-refractivity contribution is 7.99. The first-order chi connectivity index (χ1) is 14.0. The van der Waals surface area contributed by atoms with Crippen LogP contribution >= 0.6 is 11.8 Å². The molecule has 3 rings (SSSR count). The average molecular weight is 415 g/mol. The molecular formula is C19H21N5O4S. The van der Waals surface area contributed by atoms with E-state index < -0.39 is 0 Å². The monoisotopic (exact) mass is 415 g/mol. The van der Waals surface area contributed by atoms with E-state index in [0.717, 1.165) is 0 Å². The molecule has 152 valence electrons. The molecule has 29 heavy (non-hydrogen) atoms. The zero-order valence-electron chi connectivity index (χ0n) is 16.2. The molecular weight excluding hydrogens is 394 g/mol. The molecule has 10 heteroatoms. The summed E-state index contributed by atoms with van der Waals surface area (Å²) in [6, 6.07) is 12.4. The van der Waals surface area contributed by atoms with Gasteiger partial charge < -0.3 is 25.4 Å². The summed E-state index contributed by atoms with van der Waals surface area (Å²) >= 11 is 1.18. The molecule has 0 aliphatic carbocycles. The van der Waals surface area contributed by atoms with Crippen LogP contribution in [-0.2, 0) is 4.79 Å². The van der Waals surface area contributed by atoms with Crippen LogP contribution in [0.3, 0.4) is 0 Å². The summed E-state index contributed by atoms with van der Waals surface area (Å²) in [6.45, 7) is 0. The lowest BCUT2D eigenvalue weighted by Gasteiger charge is -2.09. The molecule has 3 N–H and O–H groups in total. The van der Waals surface area contributed by atoms with E-state index in [1.807, 2.05) is 0 Å². The number of anilines is 1. The molecule has 1 aromatic heterocycles. The normalized spacial score (nSPS) is 10.4. The van der Waals surface area contributed by atoms with Gasteiger partial charge in [-0.1, -0.05) is 17.8 Å². The number of amides is 1. The third kappa shape index (κ3) is 4.72. The molecule has 1 amide bonds. The van der Waals surface area contributed by atoms with Crippen LogP contribution in [0.25, 0.3) is 11.4 Å². The Morgan fingerprint density at radius 3 is 2.59 bits per heavy atom. The van der Waals surface area contributed by atoms with Gasteiger partial charge in [0.2, 0.25) is 11.1 Å². The summed E-state index contributed by atoms with van der Waals surface area (Å²) in [5, 5.41) is 11.4. The fraction of sp³-hybridized carbons (Fsp3) is 0.211. The number of nitrogens with one attached hydrogen (secondary N) is 1. The van der Waals surface area contributed by atoms with Gasteiger partial charge in [-0.25, -0.2) is 4.68 Å². The van der Waals surface area contributed by atoms with Gasteiger partial charge in [0.1, 0.15) is 5.75 Å². The predicted octanol–water partition coefficient (Wildman–Crippen LogP) is 2.42. The van der Waals surface area contributed by atoms with Crippen LogP contribution in [0.1, 0.15) is 0 Å². The largest absolute Gasteiger partial charge is 0.497 e. The minimum atomic E-state index is -0.195.